The number of nitro groups is 1. The first-order chi connectivity index (χ1) is 13.4. The zero-order valence-corrected chi connectivity index (χ0v) is 15.1. The summed E-state index contributed by atoms with van der Waals surface area (Å²) < 4.78 is 18.5. The van der Waals surface area contributed by atoms with Crippen molar-refractivity contribution in [3.05, 3.63) is 69.5 Å². The van der Waals surface area contributed by atoms with E-state index in [2.05, 4.69) is 4.74 Å². The Morgan fingerprint density at radius 2 is 1.79 bits per heavy atom. The molecule has 0 bridgehead atoms. The predicted molar refractivity (Wildman–Crippen MR) is 99.0 cm³/mol. The topological polar surface area (TPSA) is 93.0 Å². The molecule has 0 atom stereocenters. The molecule has 0 aliphatic carbocycles. The van der Waals surface area contributed by atoms with Gasteiger partial charge in [-0.25, -0.2) is 9.18 Å². The van der Waals surface area contributed by atoms with Crippen LogP contribution in [0.4, 0.5) is 15.8 Å². The second-order valence-corrected chi connectivity index (χ2v) is 6.21. The number of hydrogen-bond donors (Lipinski definition) is 0. The first kappa shape index (κ1) is 19.3. The van der Waals surface area contributed by atoms with Gasteiger partial charge < -0.3 is 14.5 Å². The van der Waals surface area contributed by atoms with Crippen LogP contribution in [0.3, 0.4) is 0 Å². The molecule has 1 fully saturated rings. The first-order valence-electron chi connectivity index (χ1n) is 8.58. The smallest absolute Gasteiger partial charge is 0.337 e. The lowest BCUT2D eigenvalue weighted by Gasteiger charge is -2.36. The van der Waals surface area contributed by atoms with E-state index in [4.69, 9.17) is 0 Å². The fourth-order valence-electron chi connectivity index (χ4n) is 3.13. The fourth-order valence-corrected chi connectivity index (χ4v) is 3.13. The Morgan fingerprint density at radius 3 is 2.39 bits per heavy atom. The van der Waals surface area contributed by atoms with Crippen LogP contribution in [0.15, 0.2) is 42.5 Å². The number of ether oxygens (including phenoxy) is 1. The second kappa shape index (κ2) is 8.03. The standard InChI is InChI=1S/C19H18FN3O5/c1-28-19(25)13-6-7-16(23(26)27)17(12-13)21-8-10-22(11-9-21)18(24)14-4-2-3-5-15(14)20/h2-7,12H,8-11H2,1H3. The van der Waals surface area contributed by atoms with Crippen LogP contribution >= 0.6 is 0 Å². The quantitative estimate of drug-likeness (QED) is 0.455. The van der Waals surface area contributed by atoms with Crippen molar-refractivity contribution in [1.82, 2.24) is 4.90 Å². The number of anilines is 1. The van der Waals surface area contributed by atoms with Crippen LogP contribution in [-0.4, -0.2) is 55.0 Å². The Labute approximate surface area is 160 Å². The summed E-state index contributed by atoms with van der Waals surface area (Å²) in [7, 11) is 1.23. The van der Waals surface area contributed by atoms with Gasteiger partial charge >= 0.3 is 5.97 Å². The molecule has 1 aliphatic rings. The fraction of sp³-hybridized carbons (Fsp3) is 0.263. The van der Waals surface area contributed by atoms with E-state index in [9.17, 15) is 24.1 Å². The Balaban J connectivity index is 1.79. The SMILES string of the molecule is COC(=O)c1ccc([N+](=O)[O-])c(N2CCN(C(=O)c3ccccc3F)CC2)c1. The number of carbonyl (C=O) groups excluding carboxylic acids is 2. The van der Waals surface area contributed by atoms with Crippen molar-refractivity contribution < 1.29 is 23.6 Å². The Bertz CT molecular complexity index is 926. The van der Waals surface area contributed by atoms with Gasteiger partial charge in [0.25, 0.3) is 11.6 Å². The predicted octanol–water partition coefficient (Wildman–Crippen LogP) is 2.48. The largest absolute Gasteiger partial charge is 0.465 e. The zero-order valence-electron chi connectivity index (χ0n) is 15.1. The van der Waals surface area contributed by atoms with Crippen LogP contribution in [0.2, 0.25) is 0 Å². The van der Waals surface area contributed by atoms with Gasteiger partial charge in [-0.3, -0.25) is 14.9 Å². The van der Waals surface area contributed by atoms with Gasteiger partial charge in [0, 0.05) is 32.2 Å². The van der Waals surface area contributed by atoms with Crippen molar-refractivity contribution in [1.29, 1.82) is 0 Å². The molecule has 0 saturated carbocycles. The minimum absolute atomic E-state index is 0.00498. The number of piperazine rings is 1. The number of hydrogen-bond acceptors (Lipinski definition) is 6. The second-order valence-electron chi connectivity index (χ2n) is 6.21. The van der Waals surface area contributed by atoms with Gasteiger partial charge in [-0.05, 0) is 24.3 Å². The number of benzene rings is 2. The maximum absolute atomic E-state index is 13.9. The van der Waals surface area contributed by atoms with Crippen LogP contribution in [0.1, 0.15) is 20.7 Å². The molecule has 2 aromatic rings. The molecule has 2 aromatic carbocycles. The summed E-state index contributed by atoms with van der Waals surface area (Å²) in [4.78, 5) is 38.4. The summed E-state index contributed by atoms with van der Waals surface area (Å²) in [6, 6.07) is 9.77. The molecule has 0 aromatic heterocycles. The third kappa shape index (κ3) is 3.78. The highest BCUT2D eigenvalue weighted by Crippen LogP contribution is 2.30. The van der Waals surface area contributed by atoms with E-state index in [1.807, 2.05) is 0 Å². The maximum Gasteiger partial charge on any atom is 0.337 e. The third-order valence-electron chi connectivity index (χ3n) is 4.61. The van der Waals surface area contributed by atoms with Gasteiger partial charge in [0.05, 0.1) is 23.2 Å². The van der Waals surface area contributed by atoms with Gasteiger partial charge in [-0.1, -0.05) is 12.1 Å². The third-order valence-corrected chi connectivity index (χ3v) is 4.61. The van der Waals surface area contributed by atoms with Crippen molar-refractivity contribution in [2.45, 2.75) is 0 Å². The summed E-state index contributed by atoms with van der Waals surface area (Å²) in [6.07, 6.45) is 0. The van der Waals surface area contributed by atoms with E-state index in [0.717, 1.165) is 0 Å². The summed E-state index contributed by atoms with van der Waals surface area (Å²) in [5, 5.41) is 11.4. The maximum atomic E-state index is 13.9. The van der Waals surface area contributed by atoms with E-state index in [1.54, 1.807) is 11.0 Å². The van der Waals surface area contributed by atoms with Crippen LogP contribution in [-0.2, 0) is 4.74 Å². The molecule has 1 heterocycles. The lowest BCUT2D eigenvalue weighted by atomic mass is 10.1. The Kier molecular flexibility index (Phi) is 5.53. The zero-order chi connectivity index (χ0) is 20.3. The number of amides is 1. The lowest BCUT2D eigenvalue weighted by Crippen LogP contribution is -2.49. The number of rotatable bonds is 4. The van der Waals surface area contributed by atoms with Gasteiger partial charge in [0.1, 0.15) is 11.5 Å². The molecular weight excluding hydrogens is 369 g/mol. The molecule has 0 unspecified atom stereocenters. The van der Waals surface area contributed by atoms with Gasteiger partial charge in [0.15, 0.2) is 0 Å². The molecule has 146 valence electrons. The van der Waals surface area contributed by atoms with Crippen molar-refractivity contribution >= 4 is 23.3 Å². The van der Waals surface area contributed by atoms with Crippen LogP contribution in [0.25, 0.3) is 0 Å². The van der Waals surface area contributed by atoms with Gasteiger partial charge in [-0.15, -0.1) is 0 Å². The van der Waals surface area contributed by atoms with E-state index in [1.165, 1.54) is 48.4 Å². The van der Waals surface area contributed by atoms with E-state index < -0.39 is 22.6 Å². The summed E-state index contributed by atoms with van der Waals surface area (Å²) in [5.41, 5.74) is 0.343. The lowest BCUT2D eigenvalue weighted by molar-refractivity contribution is -0.384. The molecule has 9 heteroatoms. The minimum atomic E-state index is -0.593. The highest BCUT2D eigenvalue weighted by molar-refractivity contribution is 5.95. The Hall–Kier alpha value is -3.49. The summed E-state index contributed by atoms with van der Waals surface area (Å²) in [6.45, 7) is 1.16. The highest BCUT2D eigenvalue weighted by Gasteiger charge is 2.28. The number of nitro benzene ring substituents is 1. The summed E-state index contributed by atoms with van der Waals surface area (Å²) >= 11 is 0. The van der Waals surface area contributed by atoms with E-state index >= 15 is 0 Å². The summed E-state index contributed by atoms with van der Waals surface area (Å²) in [5.74, 6) is -1.60. The van der Waals surface area contributed by atoms with Crippen molar-refractivity contribution in [2.24, 2.45) is 0 Å². The molecule has 3 rings (SSSR count). The number of nitrogens with zero attached hydrogens (tertiary/aromatic N) is 3. The van der Waals surface area contributed by atoms with Crippen molar-refractivity contribution in [3.8, 4) is 0 Å². The van der Waals surface area contributed by atoms with Crippen LogP contribution < -0.4 is 4.90 Å². The highest BCUT2D eigenvalue weighted by atomic mass is 19.1. The number of esters is 1. The molecule has 0 spiro atoms. The molecule has 8 nitrogen and oxygen atoms in total. The monoisotopic (exact) mass is 387 g/mol. The van der Waals surface area contributed by atoms with Gasteiger partial charge in [0.2, 0.25) is 0 Å². The molecular formula is C19H18FN3O5. The van der Waals surface area contributed by atoms with Crippen molar-refractivity contribution in [3.63, 3.8) is 0 Å². The van der Waals surface area contributed by atoms with Crippen molar-refractivity contribution in [2.75, 3.05) is 38.2 Å². The number of halogens is 1. The molecule has 1 amide bonds. The average molecular weight is 387 g/mol. The minimum Gasteiger partial charge on any atom is -0.465 e. The molecule has 1 saturated heterocycles. The molecule has 28 heavy (non-hydrogen) atoms. The van der Waals surface area contributed by atoms with E-state index in [0.29, 0.717) is 13.1 Å². The van der Waals surface area contributed by atoms with Crippen LogP contribution in [0.5, 0.6) is 0 Å². The first-order valence-corrected chi connectivity index (χ1v) is 8.58. The molecule has 0 radical (unpaired) electrons. The number of methoxy groups -OCH3 is 1. The van der Waals surface area contributed by atoms with Crippen LogP contribution in [0, 0.1) is 15.9 Å². The van der Waals surface area contributed by atoms with E-state index in [-0.39, 0.29) is 35.6 Å². The molecule has 0 N–H and O–H groups in total. The average Bonchev–Trinajstić information content (AvgIpc) is 2.72. The Morgan fingerprint density at radius 1 is 1.11 bits per heavy atom. The number of carbonyl (C=O) groups is 2. The van der Waals surface area contributed by atoms with Gasteiger partial charge in [-0.2, -0.15) is 0 Å². The molecule has 1 aliphatic heterocycles. The normalized spacial score (nSPS) is 13.9.